The minimum atomic E-state index is -3.50. The zero-order valence-electron chi connectivity index (χ0n) is 17.5. The maximum absolute atomic E-state index is 9.71. The molecule has 2 fully saturated rings. The van der Waals surface area contributed by atoms with Crippen LogP contribution in [0.4, 0.5) is 0 Å². The third-order valence-electron chi connectivity index (χ3n) is 7.98. The minimum absolute atomic E-state index is 0.0741. The summed E-state index contributed by atoms with van der Waals surface area (Å²) >= 11 is -3.50. The summed E-state index contributed by atoms with van der Waals surface area (Å²) in [5.74, 6) is 1.30. The Balaban J connectivity index is 1.88. The second-order valence-electron chi connectivity index (χ2n) is 9.26. The van der Waals surface area contributed by atoms with Crippen LogP contribution in [0.2, 0.25) is 3.93 Å². The molecule has 0 aliphatic heterocycles. The van der Waals surface area contributed by atoms with Crippen LogP contribution < -0.4 is 10.7 Å². The summed E-state index contributed by atoms with van der Waals surface area (Å²) in [6, 6.07) is 33.9. The third kappa shape index (κ3) is 2.87. The molecule has 1 N–H and O–H groups in total. The van der Waals surface area contributed by atoms with Gasteiger partial charge in [0.05, 0.1) is 0 Å². The fraction of sp³-hybridized carbons (Fsp3) is 0.296. The molecule has 4 atom stereocenters. The topological polar surface area (TPSA) is 32.6 Å². The summed E-state index contributed by atoms with van der Waals surface area (Å²) in [5.41, 5.74) is -0.0741. The van der Waals surface area contributed by atoms with Crippen molar-refractivity contribution in [3.05, 3.63) is 91.0 Å². The Kier molecular flexibility index (Phi) is 5.22. The molecule has 0 heterocycles. The van der Waals surface area contributed by atoms with E-state index in [0.29, 0.717) is 15.8 Å². The fourth-order valence-electron chi connectivity index (χ4n) is 6.92. The first-order valence-electron chi connectivity index (χ1n) is 11.1. The molecule has 3 aromatic carbocycles. The number of hydrogen-bond acceptors (Lipinski definition) is 2. The van der Waals surface area contributed by atoms with Crippen LogP contribution in [0, 0.1) is 17.3 Å². The predicted molar refractivity (Wildman–Crippen MR) is 127 cm³/mol. The summed E-state index contributed by atoms with van der Waals surface area (Å²) in [6.45, 7) is 2.38. The van der Waals surface area contributed by atoms with E-state index in [2.05, 4.69) is 103 Å². The van der Waals surface area contributed by atoms with Gasteiger partial charge >= 0.3 is 184 Å². The third-order valence-corrected chi connectivity index (χ3v) is 24.4. The molecular formula is C27H29NOSn. The van der Waals surface area contributed by atoms with Crippen LogP contribution in [0.25, 0.3) is 0 Å². The van der Waals surface area contributed by atoms with E-state index in [-0.39, 0.29) is 5.41 Å². The van der Waals surface area contributed by atoms with E-state index in [1.807, 2.05) is 6.21 Å². The van der Waals surface area contributed by atoms with Crippen molar-refractivity contribution in [3.8, 4) is 0 Å². The maximum atomic E-state index is 9.71. The first kappa shape index (κ1) is 19.9. The summed E-state index contributed by atoms with van der Waals surface area (Å²) in [5, 5.41) is 13.4. The first-order chi connectivity index (χ1) is 14.7. The van der Waals surface area contributed by atoms with Crippen molar-refractivity contribution in [1.82, 2.24) is 0 Å². The average molecular weight is 502 g/mol. The van der Waals surface area contributed by atoms with Gasteiger partial charge in [0.25, 0.3) is 0 Å². The molecule has 0 unspecified atom stereocenters. The van der Waals surface area contributed by atoms with Crippen LogP contribution in [0.1, 0.15) is 26.2 Å². The van der Waals surface area contributed by atoms with Crippen molar-refractivity contribution in [2.75, 3.05) is 0 Å². The van der Waals surface area contributed by atoms with E-state index in [4.69, 9.17) is 0 Å². The van der Waals surface area contributed by atoms with E-state index in [9.17, 15) is 5.21 Å². The van der Waals surface area contributed by atoms with Crippen molar-refractivity contribution in [1.29, 1.82) is 0 Å². The molecule has 2 aliphatic carbocycles. The van der Waals surface area contributed by atoms with E-state index in [1.54, 1.807) is 0 Å². The zero-order valence-corrected chi connectivity index (χ0v) is 20.3. The molecule has 3 aromatic rings. The number of oxime groups is 1. The van der Waals surface area contributed by atoms with Gasteiger partial charge in [0.1, 0.15) is 0 Å². The zero-order chi connectivity index (χ0) is 20.6. The number of benzene rings is 3. The van der Waals surface area contributed by atoms with Gasteiger partial charge in [-0.05, 0) is 0 Å². The first-order valence-corrected chi connectivity index (χ1v) is 17.0. The molecule has 152 valence electrons. The second kappa shape index (κ2) is 7.88. The fourth-order valence-corrected chi connectivity index (χ4v) is 25.4. The molecule has 2 saturated carbocycles. The molecule has 0 amide bonds. The van der Waals surface area contributed by atoms with Gasteiger partial charge in [0, 0.05) is 0 Å². The number of nitrogens with zero attached hydrogens (tertiary/aromatic N) is 1. The molecular weight excluding hydrogens is 473 g/mol. The summed E-state index contributed by atoms with van der Waals surface area (Å²) in [7, 11) is 0. The molecule has 0 aromatic heterocycles. The number of hydrogen-bond donors (Lipinski definition) is 1. The van der Waals surface area contributed by atoms with E-state index in [1.165, 1.54) is 30.0 Å². The number of rotatable bonds is 5. The molecule has 5 rings (SSSR count). The molecule has 3 heteroatoms. The van der Waals surface area contributed by atoms with E-state index < -0.39 is 18.4 Å². The normalized spacial score (nSPS) is 28.2. The Morgan fingerprint density at radius 2 is 1.27 bits per heavy atom. The van der Waals surface area contributed by atoms with Crippen LogP contribution in [0.3, 0.4) is 0 Å². The van der Waals surface area contributed by atoms with E-state index in [0.717, 1.165) is 0 Å². The molecule has 30 heavy (non-hydrogen) atoms. The summed E-state index contributed by atoms with van der Waals surface area (Å²) < 4.78 is 5.10. The van der Waals surface area contributed by atoms with Gasteiger partial charge in [-0.15, -0.1) is 0 Å². The monoisotopic (exact) mass is 503 g/mol. The van der Waals surface area contributed by atoms with Gasteiger partial charge in [-0.1, -0.05) is 0 Å². The predicted octanol–water partition coefficient (Wildman–Crippen LogP) is 4.42. The Morgan fingerprint density at radius 1 is 0.800 bits per heavy atom. The summed E-state index contributed by atoms with van der Waals surface area (Å²) in [4.78, 5) is 0. The molecule has 0 radical (unpaired) electrons. The van der Waals surface area contributed by atoms with Crippen LogP contribution in [0.15, 0.2) is 96.2 Å². The Bertz CT molecular complexity index is 924. The molecule has 2 aliphatic rings. The Hall–Kier alpha value is -2.07. The van der Waals surface area contributed by atoms with Crippen LogP contribution in [-0.2, 0) is 0 Å². The van der Waals surface area contributed by atoms with Crippen molar-refractivity contribution in [3.63, 3.8) is 0 Å². The average Bonchev–Trinajstić information content (AvgIpc) is 3.38. The van der Waals surface area contributed by atoms with Gasteiger partial charge < -0.3 is 0 Å². The standard InChI is InChI=1S/C9H14NO.3C6H5.Sn/c1-9(6-10-11)5-7-2-3-8(9)4-7;3*1-2-4-6-5-3-1;/h5-8,11H,2-4H2,1H3;3*1-5H;/b10-6+;;;;/t7-,8+,9-;;;;/m0..../s1. The van der Waals surface area contributed by atoms with Crippen molar-refractivity contribution >= 4 is 35.3 Å². The van der Waals surface area contributed by atoms with E-state index >= 15 is 0 Å². The van der Waals surface area contributed by atoms with Crippen molar-refractivity contribution in [2.45, 2.75) is 30.1 Å². The van der Waals surface area contributed by atoms with Crippen LogP contribution >= 0.6 is 0 Å². The molecule has 0 saturated heterocycles. The van der Waals surface area contributed by atoms with Gasteiger partial charge in [0.2, 0.25) is 0 Å². The van der Waals surface area contributed by atoms with Crippen molar-refractivity contribution in [2.24, 2.45) is 22.4 Å². The molecule has 2 nitrogen and oxygen atoms in total. The van der Waals surface area contributed by atoms with Crippen LogP contribution in [0.5, 0.6) is 0 Å². The van der Waals surface area contributed by atoms with Gasteiger partial charge in [0.15, 0.2) is 0 Å². The quantitative estimate of drug-likeness (QED) is 0.238. The Labute approximate surface area is 183 Å². The summed E-state index contributed by atoms with van der Waals surface area (Å²) in [6.07, 6.45) is 5.72. The molecule has 0 spiro atoms. The Morgan fingerprint density at radius 3 is 1.70 bits per heavy atom. The van der Waals surface area contributed by atoms with Crippen LogP contribution in [-0.4, -0.2) is 29.8 Å². The molecule has 2 bridgehead atoms. The van der Waals surface area contributed by atoms with Gasteiger partial charge in [-0.3, -0.25) is 0 Å². The SMILES string of the molecule is C[C@]1(/C=N/O)[C@@H]2CC[C@@H](C2)[C@H]1[Sn]([c]1ccccc1)([c]1ccccc1)[c]1ccccc1. The number of fused-ring (bicyclic) bond motifs is 2. The van der Waals surface area contributed by atoms with Crippen molar-refractivity contribution < 1.29 is 5.21 Å². The van der Waals surface area contributed by atoms with Gasteiger partial charge in [-0.2, -0.15) is 0 Å². The second-order valence-corrected chi connectivity index (χ2v) is 20.6. The van der Waals surface area contributed by atoms with Gasteiger partial charge in [-0.25, -0.2) is 0 Å².